The zero-order valence-electron chi connectivity index (χ0n) is 12.7. The molecule has 0 aliphatic carbocycles. The summed E-state index contributed by atoms with van der Waals surface area (Å²) in [5, 5.41) is 2.86. The summed E-state index contributed by atoms with van der Waals surface area (Å²) in [6.45, 7) is 5.53. The fraction of sp³-hybridized carbons (Fsp3) is 0.857. The van der Waals surface area contributed by atoms with E-state index in [2.05, 4.69) is 5.32 Å². The van der Waals surface area contributed by atoms with Crippen molar-refractivity contribution in [2.45, 2.75) is 45.2 Å². The maximum atomic E-state index is 12.0. The van der Waals surface area contributed by atoms with Gasteiger partial charge in [0.2, 0.25) is 5.91 Å². The van der Waals surface area contributed by atoms with E-state index in [1.807, 2.05) is 11.8 Å². The van der Waals surface area contributed by atoms with Crippen molar-refractivity contribution in [2.24, 2.45) is 0 Å². The van der Waals surface area contributed by atoms with Gasteiger partial charge < -0.3 is 14.8 Å². The van der Waals surface area contributed by atoms with E-state index < -0.39 is 0 Å². The van der Waals surface area contributed by atoms with Crippen LogP contribution in [-0.2, 0) is 19.1 Å². The molecular formula is C14H26N2O4. The van der Waals surface area contributed by atoms with E-state index in [1.54, 1.807) is 14.0 Å². The van der Waals surface area contributed by atoms with Gasteiger partial charge in [-0.2, -0.15) is 0 Å². The molecule has 0 bridgehead atoms. The average Bonchev–Trinajstić information content (AvgIpc) is 2.39. The van der Waals surface area contributed by atoms with E-state index in [-0.39, 0.29) is 30.5 Å². The minimum absolute atomic E-state index is 0.0293. The zero-order valence-corrected chi connectivity index (χ0v) is 12.7. The highest BCUT2D eigenvalue weighted by Crippen LogP contribution is 2.17. The number of nitrogens with zero attached hydrogens (tertiary/aromatic N) is 1. The average molecular weight is 286 g/mol. The van der Waals surface area contributed by atoms with Gasteiger partial charge in [-0.3, -0.25) is 14.5 Å². The molecule has 1 rings (SSSR count). The summed E-state index contributed by atoms with van der Waals surface area (Å²) in [6.07, 6.45) is 2.78. The summed E-state index contributed by atoms with van der Waals surface area (Å²) < 4.78 is 10.1. The number of nitrogens with one attached hydrogen (secondary N) is 1. The third kappa shape index (κ3) is 5.46. The summed E-state index contributed by atoms with van der Waals surface area (Å²) in [5.41, 5.74) is 0. The van der Waals surface area contributed by atoms with Gasteiger partial charge in [-0.15, -0.1) is 0 Å². The largest absolute Gasteiger partial charge is 0.465 e. The van der Waals surface area contributed by atoms with Gasteiger partial charge in [0.15, 0.2) is 0 Å². The topological polar surface area (TPSA) is 67.9 Å². The number of carbonyl (C=O) groups is 2. The van der Waals surface area contributed by atoms with Crippen LogP contribution in [0.2, 0.25) is 0 Å². The Balaban J connectivity index is 2.49. The summed E-state index contributed by atoms with van der Waals surface area (Å²) in [5.74, 6) is -0.296. The van der Waals surface area contributed by atoms with Crippen LogP contribution in [0, 0.1) is 0 Å². The molecule has 0 aromatic heterocycles. The number of rotatable bonds is 7. The van der Waals surface area contributed by atoms with Crippen molar-refractivity contribution in [3.05, 3.63) is 0 Å². The normalized spacial score (nSPS) is 21.2. The maximum absolute atomic E-state index is 12.0. The molecule has 0 aromatic rings. The van der Waals surface area contributed by atoms with Crippen molar-refractivity contribution >= 4 is 11.9 Å². The van der Waals surface area contributed by atoms with Crippen LogP contribution in [-0.4, -0.2) is 62.3 Å². The molecule has 1 heterocycles. The Hall–Kier alpha value is -1.14. The molecule has 0 saturated carbocycles. The molecule has 2 unspecified atom stereocenters. The Morgan fingerprint density at radius 3 is 2.80 bits per heavy atom. The standard InChI is InChI=1S/C14H26N2O4/c1-4-20-14(18)12-7-5-6-8-16(12)9-13(17)15-11(2)10-19-3/h11-12H,4-10H2,1-3H3,(H,15,17). The second kappa shape index (κ2) is 8.92. The van der Waals surface area contributed by atoms with Gasteiger partial charge in [0, 0.05) is 13.2 Å². The van der Waals surface area contributed by atoms with E-state index in [0.717, 1.165) is 25.8 Å². The first-order valence-corrected chi connectivity index (χ1v) is 7.27. The molecule has 1 saturated heterocycles. The molecule has 1 N–H and O–H groups in total. The zero-order chi connectivity index (χ0) is 15.0. The number of amides is 1. The van der Waals surface area contributed by atoms with E-state index in [0.29, 0.717) is 13.2 Å². The van der Waals surface area contributed by atoms with Crippen molar-refractivity contribution in [1.29, 1.82) is 0 Å². The molecular weight excluding hydrogens is 260 g/mol. The number of hydrogen-bond acceptors (Lipinski definition) is 5. The van der Waals surface area contributed by atoms with Gasteiger partial charge in [0.25, 0.3) is 0 Å². The summed E-state index contributed by atoms with van der Waals surface area (Å²) in [4.78, 5) is 25.8. The minimum atomic E-state index is -0.285. The predicted octanol–water partition coefficient (Wildman–Crippen LogP) is 0.555. The fourth-order valence-electron chi connectivity index (χ4n) is 2.48. The summed E-state index contributed by atoms with van der Waals surface area (Å²) in [7, 11) is 1.60. The number of esters is 1. The van der Waals surface area contributed by atoms with Crippen LogP contribution in [0.25, 0.3) is 0 Å². The third-order valence-corrected chi connectivity index (χ3v) is 3.34. The van der Waals surface area contributed by atoms with Gasteiger partial charge in [0.05, 0.1) is 19.8 Å². The van der Waals surface area contributed by atoms with Crippen molar-refractivity contribution in [1.82, 2.24) is 10.2 Å². The maximum Gasteiger partial charge on any atom is 0.323 e. The first-order chi connectivity index (χ1) is 9.58. The molecule has 1 amide bonds. The van der Waals surface area contributed by atoms with Crippen molar-refractivity contribution in [2.75, 3.05) is 33.4 Å². The summed E-state index contributed by atoms with van der Waals surface area (Å²) >= 11 is 0. The predicted molar refractivity (Wildman–Crippen MR) is 75.3 cm³/mol. The van der Waals surface area contributed by atoms with Crippen LogP contribution in [0.1, 0.15) is 33.1 Å². The molecule has 0 radical (unpaired) electrons. The number of ether oxygens (including phenoxy) is 2. The monoisotopic (exact) mass is 286 g/mol. The van der Waals surface area contributed by atoms with Crippen LogP contribution in [0.4, 0.5) is 0 Å². The van der Waals surface area contributed by atoms with Crippen LogP contribution >= 0.6 is 0 Å². The Morgan fingerprint density at radius 1 is 1.40 bits per heavy atom. The quantitative estimate of drug-likeness (QED) is 0.692. The van der Waals surface area contributed by atoms with Crippen LogP contribution in [0.15, 0.2) is 0 Å². The summed E-state index contributed by atoms with van der Waals surface area (Å²) in [6, 6.07) is -0.314. The van der Waals surface area contributed by atoms with Crippen molar-refractivity contribution < 1.29 is 19.1 Å². The Bertz CT molecular complexity index is 322. The Morgan fingerprint density at radius 2 is 2.15 bits per heavy atom. The molecule has 6 nitrogen and oxygen atoms in total. The second-order valence-corrected chi connectivity index (χ2v) is 5.16. The lowest BCUT2D eigenvalue weighted by molar-refractivity contribution is -0.151. The molecule has 116 valence electrons. The first-order valence-electron chi connectivity index (χ1n) is 7.27. The lowest BCUT2D eigenvalue weighted by atomic mass is 10.0. The highest BCUT2D eigenvalue weighted by molar-refractivity contribution is 5.80. The number of hydrogen-bond donors (Lipinski definition) is 1. The van der Waals surface area contributed by atoms with Crippen molar-refractivity contribution in [3.63, 3.8) is 0 Å². The van der Waals surface area contributed by atoms with E-state index >= 15 is 0 Å². The Labute approximate surface area is 120 Å². The van der Waals surface area contributed by atoms with Gasteiger partial charge in [-0.25, -0.2) is 0 Å². The molecule has 6 heteroatoms. The minimum Gasteiger partial charge on any atom is -0.465 e. The van der Waals surface area contributed by atoms with Crippen LogP contribution in [0.3, 0.4) is 0 Å². The molecule has 1 aliphatic heterocycles. The van der Waals surface area contributed by atoms with Crippen LogP contribution < -0.4 is 5.32 Å². The fourth-order valence-corrected chi connectivity index (χ4v) is 2.48. The lowest BCUT2D eigenvalue weighted by Gasteiger charge is -2.33. The van der Waals surface area contributed by atoms with Gasteiger partial charge in [0.1, 0.15) is 6.04 Å². The number of methoxy groups -OCH3 is 1. The van der Waals surface area contributed by atoms with E-state index in [1.165, 1.54) is 0 Å². The molecule has 2 atom stereocenters. The highest BCUT2D eigenvalue weighted by Gasteiger charge is 2.31. The second-order valence-electron chi connectivity index (χ2n) is 5.16. The number of carbonyl (C=O) groups excluding carboxylic acids is 2. The van der Waals surface area contributed by atoms with Gasteiger partial charge in [-0.1, -0.05) is 6.42 Å². The molecule has 1 fully saturated rings. The van der Waals surface area contributed by atoms with E-state index in [9.17, 15) is 9.59 Å². The van der Waals surface area contributed by atoms with Crippen molar-refractivity contribution in [3.8, 4) is 0 Å². The smallest absolute Gasteiger partial charge is 0.323 e. The molecule has 1 aliphatic rings. The number of likely N-dealkylation sites (tertiary alicyclic amines) is 1. The highest BCUT2D eigenvalue weighted by atomic mass is 16.5. The Kier molecular flexibility index (Phi) is 7.54. The van der Waals surface area contributed by atoms with Crippen LogP contribution in [0.5, 0.6) is 0 Å². The van der Waals surface area contributed by atoms with Gasteiger partial charge in [-0.05, 0) is 33.2 Å². The van der Waals surface area contributed by atoms with Gasteiger partial charge >= 0.3 is 5.97 Å². The number of piperidine rings is 1. The molecule has 0 spiro atoms. The molecule has 0 aromatic carbocycles. The third-order valence-electron chi connectivity index (χ3n) is 3.34. The lowest BCUT2D eigenvalue weighted by Crippen LogP contribution is -2.51. The van der Waals surface area contributed by atoms with E-state index in [4.69, 9.17) is 9.47 Å². The molecule has 20 heavy (non-hydrogen) atoms. The first kappa shape index (κ1) is 16.9. The SMILES string of the molecule is CCOC(=O)C1CCCCN1CC(=O)NC(C)COC.